The first kappa shape index (κ1) is 13.5. The van der Waals surface area contributed by atoms with Crippen LogP contribution in [0.3, 0.4) is 0 Å². The van der Waals surface area contributed by atoms with Crippen LogP contribution in [0, 0.1) is 0 Å². The lowest BCUT2D eigenvalue weighted by Crippen LogP contribution is -2.37. The van der Waals surface area contributed by atoms with E-state index in [4.69, 9.17) is 11.5 Å². The van der Waals surface area contributed by atoms with Crippen LogP contribution in [-0.2, 0) is 16.0 Å². The van der Waals surface area contributed by atoms with E-state index in [0.29, 0.717) is 17.8 Å². The number of imide groups is 1. The van der Waals surface area contributed by atoms with Crippen molar-refractivity contribution in [3.63, 3.8) is 0 Å². The van der Waals surface area contributed by atoms with Crippen LogP contribution in [0.1, 0.15) is 32.3 Å². The summed E-state index contributed by atoms with van der Waals surface area (Å²) < 4.78 is 0. The third-order valence-corrected chi connectivity index (χ3v) is 3.17. The van der Waals surface area contributed by atoms with Gasteiger partial charge in [0.2, 0.25) is 11.8 Å². The van der Waals surface area contributed by atoms with Gasteiger partial charge in [0.25, 0.3) is 0 Å². The van der Waals surface area contributed by atoms with Crippen molar-refractivity contribution in [3.05, 3.63) is 23.8 Å². The van der Waals surface area contributed by atoms with Crippen molar-refractivity contribution in [2.45, 2.75) is 38.6 Å². The summed E-state index contributed by atoms with van der Waals surface area (Å²) in [5, 5.41) is 0. The Morgan fingerprint density at radius 1 is 1.42 bits per heavy atom. The molecule has 5 nitrogen and oxygen atoms in total. The quantitative estimate of drug-likeness (QED) is 0.800. The molecule has 1 aromatic carbocycles. The molecular formula is C14H19N3O2. The second-order valence-corrected chi connectivity index (χ2v) is 5.68. The summed E-state index contributed by atoms with van der Waals surface area (Å²) in [5.74, 6) is -0.396. The van der Waals surface area contributed by atoms with Crippen LogP contribution < -0.4 is 16.4 Å². The average molecular weight is 261 g/mol. The van der Waals surface area contributed by atoms with Crippen molar-refractivity contribution in [1.82, 2.24) is 0 Å². The molecule has 0 unspecified atom stereocenters. The molecule has 102 valence electrons. The highest BCUT2D eigenvalue weighted by Gasteiger charge is 2.32. The fourth-order valence-electron chi connectivity index (χ4n) is 2.16. The summed E-state index contributed by atoms with van der Waals surface area (Å²) in [6.45, 7) is 3.72. The molecule has 0 atom stereocenters. The number of fused-ring (bicyclic) bond motifs is 1. The number of hydrogen-bond acceptors (Lipinski definition) is 4. The zero-order chi connectivity index (χ0) is 14.2. The fraction of sp³-hybridized carbons (Fsp3) is 0.429. The minimum absolute atomic E-state index is 0.194. The molecule has 1 aromatic rings. The maximum absolute atomic E-state index is 12.2. The number of hydrogen-bond donors (Lipinski definition) is 2. The molecule has 0 aliphatic carbocycles. The van der Waals surface area contributed by atoms with Crippen LogP contribution in [0.2, 0.25) is 0 Å². The molecule has 1 aliphatic heterocycles. The molecule has 0 fully saturated rings. The number of carbonyl (C=O) groups excluding carboxylic acids is 2. The summed E-state index contributed by atoms with van der Waals surface area (Å²) in [6, 6.07) is 5.17. The van der Waals surface area contributed by atoms with Gasteiger partial charge in [-0.25, -0.2) is 4.90 Å². The third-order valence-electron chi connectivity index (χ3n) is 3.17. The molecule has 0 spiro atoms. The molecule has 0 radical (unpaired) electrons. The highest BCUT2D eigenvalue weighted by Crippen LogP contribution is 2.31. The second kappa shape index (κ2) is 4.66. The average Bonchev–Trinajstić information content (AvgIpc) is 2.60. The van der Waals surface area contributed by atoms with Crippen molar-refractivity contribution in [2.24, 2.45) is 5.73 Å². The normalized spacial score (nSPS) is 14.7. The Labute approximate surface area is 112 Å². The number of benzene rings is 1. The third kappa shape index (κ3) is 2.93. The van der Waals surface area contributed by atoms with Gasteiger partial charge in [0.15, 0.2) is 0 Å². The van der Waals surface area contributed by atoms with E-state index in [0.717, 1.165) is 5.56 Å². The lowest BCUT2D eigenvalue weighted by molar-refractivity contribution is -0.125. The summed E-state index contributed by atoms with van der Waals surface area (Å²) in [6.07, 6.45) is 1.04. The first-order valence-corrected chi connectivity index (χ1v) is 6.31. The zero-order valence-electron chi connectivity index (χ0n) is 11.3. The Hall–Kier alpha value is -1.88. The van der Waals surface area contributed by atoms with Crippen LogP contribution in [0.15, 0.2) is 18.2 Å². The Balaban J connectivity index is 2.18. The van der Waals surface area contributed by atoms with Gasteiger partial charge in [0, 0.05) is 17.6 Å². The van der Waals surface area contributed by atoms with E-state index >= 15 is 0 Å². The second-order valence-electron chi connectivity index (χ2n) is 5.68. The lowest BCUT2D eigenvalue weighted by Gasteiger charge is -2.20. The number of nitrogen functional groups attached to an aromatic ring is 1. The molecule has 0 saturated heterocycles. The lowest BCUT2D eigenvalue weighted by atomic mass is 10.00. The van der Waals surface area contributed by atoms with Crippen LogP contribution in [0.5, 0.6) is 0 Å². The molecule has 0 aromatic heterocycles. The summed E-state index contributed by atoms with van der Waals surface area (Å²) >= 11 is 0. The Kier molecular flexibility index (Phi) is 3.32. The van der Waals surface area contributed by atoms with E-state index in [-0.39, 0.29) is 24.7 Å². The number of nitrogens with zero attached hydrogens (tertiary/aromatic N) is 1. The first-order chi connectivity index (χ1) is 8.78. The van der Waals surface area contributed by atoms with Crippen LogP contribution in [0.25, 0.3) is 0 Å². The highest BCUT2D eigenvalue weighted by atomic mass is 16.2. The van der Waals surface area contributed by atoms with Gasteiger partial charge < -0.3 is 11.5 Å². The maximum Gasteiger partial charge on any atom is 0.238 e. The number of rotatable bonds is 3. The molecule has 2 amide bonds. The molecule has 1 aliphatic rings. The molecule has 0 saturated carbocycles. The van der Waals surface area contributed by atoms with Gasteiger partial charge in [0.1, 0.15) is 0 Å². The smallest absolute Gasteiger partial charge is 0.238 e. The first-order valence-electron chi connectivity index (χ1n) is 6.31. The Morgan fingerprint density at radius 3 is 2.74 bits per heavy atom. The van der Waals surface area contributed by atoms with E-state index in [1.165, 1.54) is 4.90 Å². The minimum Gasteiger partial charge on any atom is -0.399 e. The van der Waals surface area contributed by atoms with Crippen molar-refractivity contribution in [2.75, 3.05) is 10.6 Å². The van der Waals surface area contributed by atoms with E-state index in [1.54, 1.807) is 18.2 Å². The molecular weight excluding hydrogens is 242 g/mol. The van der Waals surface area contributed by atoms with Gasteiger partial charge in [-0.2, -0.15) is 0 Å². The summed E-state index contributed by atoms with van der Waals surface area (Å²) in [5.41, 5.74) is 13.2. The monoisotopic (exact) mass is 261 g/mol. The van der Waals surface area contributed by atoms with E-state index in [9.17, 15) is 9.59 Å². The van der Waals surface area contributed by atoms with Crippen molar-refractivity contribution < 1.29 is 9.59 Å². The van der Waals surface area contributed by atoms with E-state index in [1.807, 2.05) is 13.8 Å². The van der Waals surface area contributed by atoms with Gasteiger partial charge in [-0.1, -0.05) is 0 Å². The maximum atomic E-state index is 12.2. The molecule has 4 N–H and O–H groups in total. The summed E-state index contributed by atoms with van der Waals surface area (Å²) in [4.78, 5) is 25.4. The predicted octanol–water partition coefficient (Wildman–Crippen LogP) is 1.20. The molecule has 2 rings (SSSR count). The highest BCUT2D eigenvalue weighted by molar-refractivity contribution is 6.19. The van der Waals surface area contributed by atoms with Crippen LogP contribution >= 0.6 is 0 Å². The number of anilines is 2. The minimum atomic E-state index is -0.414. The van der Waals surface area contributed by atoms with Gasteiger partial charge in [-0.15, -0.1) is 0 Å². The largest absolute Gasteiger partial charge is 0.399 e. The Bertz CT molecular complexity index is 532. The number of amides is 2. The van der Waals surface area contributed by atoms with Gasteiger partial charge >= 0.3 is 0 Å². The number of nitrogens with two attached hydrogens (primary N) is 2. The molecule has 1 heterocycles. The SMILES string of the molecule is CC(C)(N)CCC(=O)N1C(=O)Cc2cc(N)ccc21. The predicted molar refractivity (Wildman–Crippen MR) is 74.6 cm³/mol. The molecule has 0 bridgehead atoms. The molecule has 5 heteroatoms. The standard InChI is InChI=1S/C14H19N3O2/c1-14(2,16)6-5-12(18)17-11-4-3-10(15)7-9(11)8-13(17)19/h3-4,7H,5-6,8,15-16H2,1-2H3. The fourth-order valence-corrected chi connectivity index (χ4v) is 2.16. The summed E-state index contributed by atoms with van der Waals surface area (Å²) in [7, 11) is 0. The van der Waals surface area contributed by atoms with Crippen molar-refractivity contribution in [1.29, 1.82) is 0 Å². The van der Waals surface area contributed by atoms with Crippen molar-refractivity contribution >= 4 is 23.2 Å². The van der Waals surface area contributed by atoms with Crippen LogP contribution in [-0.4, -0.2) is 17.4 Å². The van der Waals surface area contributed by atoms with E-state index in [2.05, 4.69) is 0 Å². The van der Waals surface area contributed by atoms with E-state index < -0.39 is 5.54 Å². The topological polar surface area (TPSA) is 89.4 Å². The van der Waals surface area contributed by atoms with Gasteiger partial charge in [-0.05, 0) is 44.0 Å². The zero-order valence-corrected chi connectivity index (χ0v) is 11.3. The van der Waals surface area contributed by atoms with Crippen LogP contribution in [0.4, 0.5) is 11.4 Å². The van der Waals surface area contributed by atoms with Crippen molar-refractivity contribution in [3.8, 4) is 0 Å². The number of carbonyl (C=O) groups is 2. The van der Waals surface area contributed by atoms with Gasteiger partial charge in [0.05, 0.1) is 12.1 Å². The van der Waals surface area contributed by atoms with Gasteiger partial charge in [-0.3, -0.25) is 9.59 Å². The Morgan fingerprint density at radius 2 is 2.11 bits per heavy atom. The molecule has 19 heavy (non-hydrogen) atoms.